The third kappa shape index (κ3) is 14.4. The van der Waals surface area contributed by atoms with E-state index < -0.39 is 47.9 Å². The van der Waals surface area contributed by atoms with Gasteiger partial charge in [0.25, 0.3) is 0 Å². The molecule has 0 aliphatic heterocycles. The van der Waals surface area contributed by atoms with Crippen molar-refractivity contribution < 1.29 is 55.1 Å². The Hall–Kier alpha value is -5.26. The summed E-state index contributed by atoms with van der Waals surface area (Å²) >= 11 is 6.55. The van der Waals surface area contributed by atoms with Gasteiger partial charge in [-0.3, -0.25) is 9.19 Å². The van der Waals surface area contributed by atoms with Crippen molar-refractivity contribution in [1.82, 2.24) is 29.3 Å². The van der Waals surface area contributed by atoms with Crippen molar-refractivity contribution in [3.8, 4) is 23.3 Å². The highest BCUT2D eigenvalue weighted by atomic mass is 35.5. The zero-order valence-corrected chi connectivity index (χ0v) is 47.2. The number of fused-ring (bicyclic) bond motifs is 6. The van der Waals surface area contributed by atoms with Crippen LogP contribution in [0, 0.1) is 48.9 Å². The van der Waals surface area contributed by atoms with E-state index in [2.05, 4.69) is 39.8 Å². The van der Waals surface area contributed by atoms with Gasteiger partial charge in [0.2, 0.25) is 5.95 Å². The van der Waals surface area contributed by atoms with Crippen molar-refractivity contribution in [1.29, 1.82) is 0 Å². The van der Waals surface area contributed by atoms with Crippen LogP contribution in [0.3, 0.4) is 0 Å². The second kappa shape index (κ2) is 26.3. The second-order valence-corrected chi connectivity index (χ2v) is 23.9. The van der Waals surface area contributed by atoms with Crippen LogP contribution >= 0.6 is 11.6 Å². The first kappa shape index (κ1) is 60.4. The van der Waals surface area contributed by atoms with E-state index in [1.165, 1.54) is 20.9 Å². The lowest BCUT2D eigenvalue weighted by Crippen LogP contribution is -2.47. The number of aryl methyl sites for hydroxylation is 1. The summed E-state index contributed by atoms with van der Waals surface area (Å²) in [6.07, 6.45) is 7.29. The lowest BCUT2D eigenvalue weighted by molar-refractivity contribution is -0.284. The molecule has 2 saturated carbocycles. The average Bonchev–Trinajstić information content (AvgIpc) is 3.95. The van der Waals surface area contributed by atoms with Crippen molar-refractivity contribution in [3.63, 3.8) is 0 Å². The number of alkyl halides is 5. The van der Waals surface area contributed by atoms with Crippen LogP contribution in [0.4, 0.5) is 37.5 Å². The summed E-state index contributed by atoms with van der Waals surface area (Å²) < 4.78 is 94.7. The number of likely N-dealkylation sites (N-methyl/N-ethyl adjacent to an activating group) is 2. The van der Waals surface area contributed by atoms with Crippen molar-refractivity contribution in [2.45, 2.75) is 154 Å². The van der Waals surface area contributed by atoms with Gasteiger partial charge in [-0.25, -0.2) is 14.6 Å². The van der Waals surface area contributed by atoms with Gasteiger partial charge >= 0.3 is 24.3 Å². The number of aliphatic hydroxyl groups excluding tert-OH is 1. The van der Waals surface area contributed by atoms with E-state index >= 15 is 0 Å². The number of amides is 2. The highest BCUT2D eigenvalue weighted by Gasteiger charge is 2.57. The van der Waals surface area contributed by atoms with E-state index in [-0.39, 0.29) is 54.5 Å². The number of anilines is 1. The molecule has 3 aliphatic rings. The average molecular weight is 1130 g/mol. The van der Waals surface area contributed by atoms with Gasteiger partial charge in [-0.2, -0.15) is 26.9 Å². The number of benzene rings is 1. The zero-order valence-electron chi connectivity index (χ0n) is 45.7. The molecule has 78 heavy (non-hydrogen) atoms. The van der Waals surface area contributed by atoms with Crippen LogP contribution in [0.25, 0.3) is 11.0 Å². The summed E-state index contributed by atoms with van der Waals surface area (Å²) in [5.41, 5.74) is 12.0. The van der Waals surface area contributed by atoms with Crippen molar-refractivity contribution >= 4 is 51.6 Å². The molecule has 2 amide bonds. The molecule has 0 spiro atoms. The molecule has 0 radical (unpaired) electrons. The third-order valence-corrected chi connectivity index (χ3v) is 18.3. The van der Waals surface area contributed by atoms with Gasteiger partial charge in [-0.15, -0.1) is 0 Å². The number of nitrogens with zero attached hydrogens (tertiary/aromatic N) is 6. The van der Waals surface area contributed by atoms with E-state index in [1.807, 2.05) is 36.7 Å². The first-order chi connectivity index (χ1) is 37.0. The molecule has 21 heteroatoms. The van der Waals surface area contributed by atoms with Gasteiger partial charge in [-0.05, 0) is 118 Å². The number of hydrogen-bond donors (Lipinski definition) is 2. The fourth-order valence-corrected chi connectivity index (χ4v) is 13.7. The lowest BCUT2D eigenvalue weighted by Gasteiger charge is -2.53. The molecule has 0 saturated heterocycles. The van der Waals surface area contributed by atoms with E-state index in [9.17, 15) is 40.9 Å². The number of methoxy groups -OCH3 is 1. The number of carbonyl (C=O) groups is 2. The van der Waals surface area contributed by atoms with Gasteiger partial charge in [0.05, 0.1) is 36.4 Å². The van der Waals surface area contributed by atoms with Crippen LogP contribution in [-0.2, 0) is 28.5 Å². The summed E-state index contributed by atoms with van der Waals surface area (Å²) in [7, 11) is 3.42. The summed E-state index contributed by atoms with van der Waals surface area (Å²) in [6, 6.07) is 6.01. The number of aromatic nitrogens is 4. The Morgan fingerprint density at radius 1 is 0.974 bits per heavy atom. The molecule has 7 atom stereocenters. The summed E-state index contributed by atoms with van der Waals surface area (Å²) in [4.78, 5) is 42.4. The normalized spacial score (nSPS) is 21.2. The molecular formula is C57H75ClF5N7O7S. The van der Waals surface area contributed by atoms with Gasteiger partial charge in [0, 0.05) is 85.9 Å². The Morgan fingerprint density at radius 2 is 1.67 bits per heavy atom. The van der Waals surface area contributed by atoms with Crippen molar-refractivity contribution in [2.24, 2.45) is 23.2 Å². The Morgan fingerprint density at radius 3 is 2.38 bits per heavy atom. The maximum atomic E-state index is 13.4. The monoisotopic (exact) mass is 1130 g/mol. The lowest BCUT2D eigenvalue weighted by atomic mass is 9.52. The highest BCUT2D eigenvalue weighted by molar-refractivity contribution is 7.84. The topological polar surface area (TPSA) is 175 Å². The van der Waals surface area contributed by atoms with Crippen molar-refractivity contribution in [2.75, 3.05) is 58.1 Å². The number of pyridine rings is 1. The Labute approximate surface area is 462 Å². The number of ether oxygens (including phenoxy) is 3. The SMILES string of the molecule is COc1c(C)cnc(Cn2cc(C#CCCOC(=O)N(C)CCN(C)C(=O)Oc3ccc4c(c3)C[C@@H](CCCCCCCCCS(=O)CCCC(F)(F)C(F)(F)F)[C@@H]3C4CC[C@@]4(C)[C@@H]3CC[C@@H]4O)c3c(Cl)nc(N)nc32)c1C. The standard InChI is InChI=1S/C57H75ClF5N7O7S/c1-36-33-65-45(37(2)49(36)75-6)35-70-34-39(48-50(58)66-52(64)67-51(48)70)18-13-14-28-76-53(72)68(4)26-27-69(5)54(73)77-41-19-20-42-40(32-41)31-38(47-43(42)23-25-55(3)44(47)21-22-46(55)71)17-12-10-8-7-9-11-15-29-78(74)30-16-24-56(59,60)57(61,62)63/h19-20,32-34,38,43-44,46-47,71H,7-12,14-17,21-31,35H2,1-6H3,(H2,64,66,67)/t38-,43?,44-,46+,47-,55+,78?/m1/s1. The van der Waals surface area contributed by atoms with E-state index in [4.69, 9.17) is 31.5 Å². The van der Waals surface area contributed by atoms with Crippen LogP contribution in [0.15, 0.2) is 30.6 Å². The predicted molar refractivity (Wildman–Crippen MR) is 291 cm³/mol. The van der Waals surface area contributed by atoms with Crippen LogP contribution in [0.1, 0.15) is 143 Å². The van der Waals surface area contributed by atoms with Crippen LogP contribution in [0.5, 0.6) is 11.5 Å². The molecule has 3 N–H and O–H groups in total. The first-order valence-electron chi connectivity index (χ1n) is 27.2. The van der Waals surface area contributed by atoms with E-state index in [1.54, 1.807) is 27.4 Å². The summed E-state index contributed by atoms with van der Waals surface area (Å²) in [5, 5.41) is 11.9. The zero-order chi connectivity index (χ0) is 56.5. The molecule has 14 nitrogen and oxygen atoms in total. The molecule has 4 aromatic rings. The number of nitrogens with two attached hydrogens (primary N) is 1. The number of rotatable bonds is 23. The number of hydrogen-bond acceptors (Lipinski definition) is 11. The van der Waals surface area contributed by atoms with Crippen LogP contribution in [0.2, 0.25) is 5.15 Å². The molecule has 3 aromatic heterocycles. The Balaban J connectivity index is 0.858. The number of aliphatic hydroxyl groups is 1. The molecule has 3 aliphatic carbocycles. The number of unbranched alkanes of at least 4 members (excludes halogenated alkanes) is 6. The highest BCUT2D eigenvalue weighted by Crippen LogP contribution is 2.63. The molecule has 2 fully saturated rings. The molecular weight excluding hydrogens is 1060 g/mol. The van der Waals surface area contributed by atoms with Gasteiger partial charge in [-0.1, -0.05) is 75.0 Å². The third-order valence-electron chi connectivity index (χ3n) is 16.6. The largest absolute Gasteiger partial charge is 0.496 e. The minimum Gasteiger partial charge on any atom is -0.496 e. The Bertz CT molecular complexity index is 2840. The molecule has 3 heterocycles. The number of halogens is 6. The predicted octanol–water partition coefficient (Wildman–Crippen LogP) is 12.0. The van der Waals surface area contributed by atoms with Gasteiger partial charge in [0.15, 0.2) is 0 Å². The van der Waals surface area contributed by atoms with Crippen LogP contribution in [-0.4, -0.2) is 121 Å². The van der Waals surface area contributed by atoms with Crippen LogP contribution < -0.4 is 15.2 Å². The van der Waals surface area contributed by atoms with E-state index in [0.717, 1.165) is 99.6 Å². The maximum Gasteiger partial charge on any atom is 0.453 e. The number of nitrogen functional groups attached to an aromatic ring is 1. The van der Waals surface area contributed by atoms with Gasteiger partial charge in [0.1, 0.15) is 28.9 Å². The fraction of sp³-hybridized carbons (Fsp3) is 0.632. The Kier molecular flexibility index (Phi) is 20.4. The summed E-state index contributed by atoms with van der Waals surface area (Å²) in [6.45, 7) is 6.91. The quantitative estimate of drug-likeness (QED) is 0.0313. The molecule has 7 rings (SSSR count). The number of carbonyl (C=O) groups excluding carboxylic acids is 2. The maximum absolute atomic E-state index is 13.4. The van der Waals surface area contributed by atoms with Crippen molar-refractivity contribution in [3.05, 3.63) is 69.3 Å². The molecule has 1 aromatic carbocycles. The minimum atomic E-state index is -5.58. The molecule has 2 unspecified atom stereocenters. The van der Waals surface area contributed by atoms with E-state index in [0.29, 0.717) is 64.7 Å². The first-order valence-corrected chi connectivity index (χ1v) is 29.1. The minimum absolute atomic E-state index is 0.0210. The second-order valence-electron chi connectivity index (χ2n) is 21.8. The summed E-state index contributed by atoms with van der Waals surface area (Å²) in [5.74, 6) is 4.45. The smallest absolute Gasteiger partial charge is 0.453 e. The molecule has 0 bridgehead atoms. The molecule has 428 valence electrons. The van der Waals surface area contributed by atoms with Gasteiger partial charge < -0.3 is 39.4 Å². The fourth-order valence-electron chi connectivity index (χ4n) is 12.2.